The maximum absolute atomic E-state index is 8.88. The Morgan fingerprint density at radius 2 is 2.20 bits per heavy atom. The van der Waals surface area contributed by atoms with Crippen LogP contribution in [0.2, 0.25) is 0 Å². The number of rotatable bonds is 7. The van der Waals surface area contributed by atoms with Gasteiger partial charge in [-0.25, -0.2) is 10.8 Å². The van der Waals surface area contributed by atoms with Crippen LogP contribution < -0.4 is 16.2 Å². The molecular weight excluding hydrogens is 254 g/mol. The summed E-state index contributed by atoms with van der Waals surface area (Å²) in [4.78, 5) is 4.48. The molecule has 0 aliphatic carbocycles. The van der Waals surface area contributed by atoms with Gasteiger partial charge in [0.15, 0.2) is 0 Å². The first kappa shape index (κ1) is 16.4. The summed E-state index contributed by atoms with van der Waals surface area (Å²) in [7, 11) is 1.79. The zero-order valence-electron chi connectivity index (χ0n) is 12.7. The molecule has 0 aliphatic rings. The summed E-state index contributed by atoms with van der Waals surface area (Å²) in [5.74, 6) is 7.56. The molecule has 0 radical (unpaired) electrons. The summed E-state index contributed by atoms with van der Waals surface area (Å²) in [6.07, 6.45) is 0.593. The summed E-state index contributed by atoms with van der Waals surface area (Å²) in [6.45, 7) is 6.56. The number of hydrogen-bond acceptors (Lipinski definition) is 6. The second-order valence-corrected chi connectivity index (χ2v) is 5.09. The predicted octanol–water partition coefficient (Wildman–Crippen LogP) is 1.70. The van der Waals surface area contributed by atoms with Gasteiger partial charge in [-0.15, -0.1) is 0 Å². The summed E-state index contributed by atoms with van der Waals surface area (Å²) >= 11 is 0. The van der Waals surface area contributed by atoms with Crippen LogP contribution in [0, 0.1) is 5.41 Å². The predicted molar refractivity (Wildman–Crippen MR) is 83.6 cm³/mol. The Morgan fingerprint density at radius 1 is 1.55 bits per heavy atom. The van der Waals surface area contributed by atoms with E-state index < -0.39 is 0 Å². The molecule has 0 aromatic carbocycles. The lowest BCUT2D eigenvalue weighted by Gasteiger charge is -2.22. The first-order valence-corrected chi connectivity index (χ1v) is 6.83. The molecule has 0 bridgehead atoms. The molecule has 0 spiro atoms. The van der Waals surface area contributed by atoms with E-state index in [0.717, 1.165) is 11.1 Å². The molecule has 1 rings (SSSR count). The zero-order valence-corrected chi connectivity index (χ0v) is 12.7. The van der Waals surface area contributed by atoms with E-state index in [4.69, 9.17) is 16.4 Å². The van der Waals surface area contributed by atoms with Crippen molar-refractivity contribution >= 4 is 17.3 Å². The van der Waals surface area contributed by atoms with Gasteiger partial charge in [-0.1, -0.05) is 13.8 Å². The fraction of sp³-hybridized carbons (Fsp3) is 0.571. The fourth-order valence-corrected chi connectivity index (χ4v) is 2.08. The first-order chi connectivity index (χ1) is 9.42. The van der Waals surface area contributed by atoms with Gasteiger partial charge < -0.3 is 15.8 Å². The van der Waals surface area contributed by atoms with Gasteiger partial charge >= 0.3 is 0 Å². The molecule has 1 heterocycles. The molecule has 0 amide bonds. The minimum absolute atomic E-state index is 0.0985. The number of hydrazine groups is 1. The van der Waals surface area contributed by atoms with Crippen LogP contribution in [0.25, 0.3) is 0 Å². The Morgan fingerprint density at radius 3 is 2.65 bits per heavy atom. The molecule has 0 saturated heterocycles. The van der Waals surface area contributed by atoms with E-state index in [1.54, 1.807) is 14.0 Å². The highest BCUT2D eigenvalue weighted by atomic mass is 16.3. The third kappa shape index (κ3) is 3.68. The topological polar surface area (TPSA) is 98.3 Å². The van der Waals surface area contributed by atoms with E-state index in [2.05, 4.69) is 24.1 Å². The van der Waals surface area contributed by atoms with Gasteiger partial charge in [0.25, 0.3) is 0 Å². The van der Waals surface area contributed by atoms with Crippen molar-refractivity contribution in [3.8, 4) is 0 Å². The van der Waals surface area contributed by atoms with Gasteiger partial charge in [0.1, 0.15) is 11.6 Å². The highest BCUT2D eigenvalue weighted by Crippen LogP contribution is 2.29. The Labute approximate surface area is 120 Å². The van der Waals surface area contributed by atoms with E-state index in [9.17, 15) is 0 Å². The molecule has 0 atom stereocenters. The summed E-state index contributed by atoms with van der Waals surface area (Å²) < 4.78 is 0. The Hall–Kier alpha value is -1.66. The van der Waals surface area contributed by atoms with Crippen LogP contribution in [-0.4, -0.2) is 36.0 Å². The molecule has 112 valence electrons. The smallest absolute Gasteiger partial charge is 0.145 e. The van der Waals surface area contributed by atoms with Crippen molar-refractivity contribution in [3.05, 3.63) is 17.2 Å². The largest absolute Gasteiger partial charge is 0.396 e. The number of aromatic nitrogens is 1. The van der Waals surface area contributed by atoms with Crippen LogP contribution in [0.1, 0.15) is 44.2 Å². The average molecular weight is 279 g/mol. The van der Waals surface area contributed by atoms with Gasteiger partial charge in [-0.3, -0.25) is 5.01 Å². The van der Waals surface area contributed by atoms with E-state index in [1.807, 2.05) is 6.07 Å². The molecular formula is C14H25N5O. The van der Waals surface area contributed by atoms with E-state index in [1.165, 1.54) is 5.01 Å². The van der Waals surface area contributed by atoms with Crippen molar-refractivity contribution in [1.82, 2.24) is 4.98 Å². The monoisotopic (exact) mass is 279 g/mol. The molecule has 6 heteroatoms. The Kier molecular flexibility index (Phi) is 5.91. The number of pyridine rings is 1. The quantitative estimate of drug-likeness (QED) is 0.346. The minimum Gasteiger partial charge on any atom is -0.396 e. The lowest BCUT2D eigenvalue weighted by molar-refractivity contribution is 0.289. The lowest BCUT2D eigenvalue weighted by Crippen LogP contribution is -2.33. The molecule has 20 heavy (non-hydrogen) atoms. The highest BCUT2D eigenvalue weighted by molar-refractivity contribution is 6.02. The van der Waals surface area contributed by atoms with Crippen LogP contribution in [0.5, 0.6) is 0 Å². The normalized spacial score (nSPS) is 10.8. The molecule has 1 aromatic rings. The third-order valence-corrected chi connectivity index (χ3v) is 3.12. The van der Waals surface area contributed by atoms with Crippen LogP contribution in [-0.2, 0) is 0 Å². The maximum Gasteiger partial charge on any atom is 0.145 e. The standard InChI is InChI=1S/C14H25N5O/c1-9(2)11-8-12(19(16)6-5-7-20)18-14(17-4)13(11)10(3)15/h8-9,15,20H,5-7,16H2,1-4H3,(H,17,18). The van der Waals surface area contributed by atoms with Crippen LogP contribution in [0.4, 0.5) is 11.6 Å². The zero-order chi connectivity index (χ0) is 15.3. The Balaban J connectivity index is 3.29. The molecule has 0 aliphatic heterocycles. The van der Waals surface area contributed by atoms with Gasteiger partial charge in [-0.05, 0) is 30.9 Å². The first-order valence-electron chi connectivity index (χ1n) is 6.83. The number of anilines is 2. The number of hydrogen-bond donors (Lipinski definition) is 4. The molecule has 1 aromatic heterocycles. The second kappa shape index (κ2) is 7.21. The summed E-state index contributed by atoms with van der Waals surface area (Å²) in [6, 6.07) is 1.93. The average Bonchev–Trinajstić information content (AvgIpc) is 2.42. The van der Waals surface area contributed by atoms with Crippen LogP contribution >= 0.6 is 0 Å². The van der Waals surface area contributed by atoms with Crippen molar-refractivity contribution in [2.24, 2.45) is 5.84 Å². The number of aliphatic hydroxyl groups excluding tert-OH is 1. The number of nitrogens with one attached hydrogen (secondary N) is 2. The van der Waals surface area contributed by atoms with Gasteiger partial charge in [0.2, 0.25) is 0 Å². The van der Waals surface area contributed by atoms with Gasteiger partial charge in [0.05, 0.1) is 0 Å². The molecule has 0 saturated carbocycles. The van der Waals surface area contributed by atoms with Crippen molar-refractivity contribution in [3.63, 3.8) is 0 Å². The number of nitrogens with two attached hydrogens (primary N) is 1. The summed E-state index contributed by atoms with van der Waals surface area (Å²) in [5.41, 5.74) is 2.36. The van der Waals surface area contributed by atoms with Crippen molar-refractivity contribution < 1.29 is 5.11 Å². The second-order valence-electron chi connectivity index (χ2n) is 5.09. The van der Waals surface area contributed by atoms with Crippen LogP contribution in [0.3, 0.4) is 0 Å². The Bertz CT molecular complexity index is 473. The minimum atomic E-state index is 0.0985. The van der Waals surface area contributed by atoms with Crippen molar-refractivity contribution in [1.29, 1.82) is 5.41 Å². The lowest BCUT2D eigenvalue weighted by atomic mass is 9.95. The van der Waals surface area contributed by atoms with Gasteiger partial charge in [0, 0.05) is 31.5 Å². The van der Waals surface area contributed by atoms with Crippen LogP contribution in [0.15, 0.2) is 6.07 Å². The molecule has 5 N–H and O–H groups in total. The SMILES string of the molecule is CNc1nc(N(N)CCCO)cc(C(C)C)c1C(C)=N. The van der Waals surface area contributed by atoms with Crippen molar-refractivity contribution in [2.75, 3.05) is 30.5 Å². The van der Waals surface area contributed by atoms with E-state index in [0.29, 0.717) is 30.3 Å². The van der Waals surface area contributed by atoms with E-state index in [-0.39, 0.29) is 12.5 Å². The number of aliphatic hydroxyl groups is 1. The van der Waals surface area contributed by atoms with E-state index >= 15 is 0 Å². The third-order valence-electron chi connectivity index (χ3n) is 3.12. The fourth-order valence-electron chi connectivity index (χ4n) is 2.08. The summed E-state index contributed by atoms with van der Waals surface area (Å²) in [5, 5.41) is 21.4. The molecule has 0 unspecified atom stereocenters. The molecule has 6 nitrogen and oxygen atoms in total. The highest BCUT2D eigenvalue weighted by Gasteiger charge is 2.17. The number of nitrogens with zero attached hydrogens (tertiary/aromatic N) is 2. The molecule has 0 fully saturated rings. The van der Waals surface area contributed by atoms with Gasteiger partial charge in [-0.2, -0.15) is 0 Å². The van der Waals surface area contributed by atoms with Crippen molar-refractivity contribution in [2.45, 2.75) is 33.1 Å². The maximum atomic E-state index is 8.88.